The maximum atomic E-state index is 13.6. The molecule has 5 rings (SSSR count). The van der Waals surface area contributed by atoms with Crippen LogP contribution in [-0.2, 0) is 21.8 Å². The fourth-order valence-electron chi connectivity index (χ4n) is 3.92. The number of nitrogens with zero attached hydrogens (tertiary/aromatic N) is 2. The molecule has 0 bridgehead atoms. The van der Waals surface area contributed by atoms with E-state index in [1.807, 2.05) is 30.3 Å². The largest absolute Gasteiger partial charge is 0.421 e. The number of hydrogen-bond donors (Lipinski definition) is 0. The van der Waals surface area contributed by atoms with E-state index in [0.717, 1.165) is 10.5 Å². The van der Waals surface area contributed by atoms with Crippen molar-refractivity contribution >= 4 is 23.6 Å². The van der Waals surface area contributed by atoms with Gasteiger partial charge in [0.05, 0.1) is 17.8 Å². The van der Waals surface area contributed by atoms with E-state index in [1.165, 1.54) is 4.90 Å². The van der Waals surface area contributed by atoms with Crippen molar-refractivity contribution in [3.63, 3.8) is 0 Å². The third kappa shape index (κ3) is 2.39. The van der Waals surface area contributed by atoms with Gasteiger partial charge >= 0.3 is 17.9 Å². The summed E-state index contributed by atoms with van der Waals surface area (Å²) in [6, 6.07) is 24.1. The highest BCUT2D eigenvalue weighted by atomic mass is 16.6. The van der Waals surface area contributed by atoms with Gasteiger partial charge in [-0.25, -0.2) is 14.5 Å². The summed E-state index contributed by atoms with van der Waals surface area (Å²) in [5.41, 5.74) is 0.122. The van der Waals surface area contributed by atoms with Crippen LogP contribution in [0.4, 0.5) is 10.5 Å². The molecule has 1 fully saturated rings. The van der Waals surface area contributed by atoms with Crippen molar-refractivity contribution in [1.29, 1.82) is 0 Å². The van der Waals surface area contributed by atoms with Crippen LogP contribution in [0.3, 0.4) is 0 Å². The molecule has 29 heavy (non-hydrogen) atoms. The molecule has 2 aliphatic rings. The van der Waals surface area contributed by atoms with Crippen molar-refractivity contribution in [2.24, 2.45) is 0 Å². The molecular weight excluding hydrogens is 368 g/mol. The number of ether oxygens (including phenoxy) is 1. The number of benzene rings is 3. The lowest BCUT2D eigenvalue weighted by molar-refractivity contribution is -0.148. The number of para-hydroxylation sites is 1. The Morgan fingerprint density at radius 3 is 2.10 bits per heavy atom. The Morgan fingerprint density at radius 2 is 1.38 bits per heavy atom. The molecule has 1 unspecified atom stereocenters. The summed E-state index contributed by atoms with van der Waals surface area (Å²) in [6.45, 7) is 0.121. The van der Waals surface area contributed by atoms with E-state index in [-0.39, 0.29) is 6.54 Å². The molecule has 2 aliphatic heterocycles. The number of carbonyl (C=O) groups excluding carboxylic acids is 3. The fourth-order valence-corrected chi connectivity index (χ4v) is 3.92. The van der Waals surface area contributed by atoms with Crippen LogP contribution >= 0.6 is 0 Å². The highest BCUT2D eigenvalue weighted by molar-refractivity contribution is 6.24. The number of fused-ring (bicyclic) bond motifs is 2. The van der Waals surface area contributed by atoms with Gasteiger partial charge < -0.3 is 4.74 Å². The number of carbonyl (C=O) groups is 3. The van der Waals surface area contributed by atoms with Crippen molar-refractivity contribution in [1.82, 2.24) is 4.90 Å². The van der Waals surface area contributed by atoms with Crippen molar-refractivity contribution in [2.45, 2.75) is 12.3 Å². The fraction of sp³-hybridized carbons (Fsp3) is 0.0870. The first-order valence-electron chi connectivity index (χ1n) is 9.21. The number of rotatable bonds is 3. The SMILES string of the molecule is O=C1OC2(C(=O)N(c3ccccc3)C(=O)N2Cc2ccccc2)c2ccccc21. The lowest BCUT2D eigenvalue weighted by Crippen LogP contribution is -2.46. The van der Waals surface area contributed by atoms with Gasteiger partial charge in [-0.15, -0.1) is 0 Å². The highest BCUT2D eigenvalue weighted by Crippen LogP contribution is 2.47. The minimum Gasteiger partial charge on any atom is -0.421 e. The first-order valence-corrected chi connectivity index (χ1v) is 9.21. The van der Waals surface area contributed by atoms with Crippen LogP contribution < -0.4 is 4.90 Å². The van der Waals surface area contributed by atoms with E-state index in [4.69, 9.17) is 4.74 Å². The molecule has 0 radical (unpaired) electrons. The van der Waals surface area contributed by atoms with E-state index in [0.29, 0.717) is 16.8 Å². The molecule has 6 heteroatoms. The summed E-state index contributed by atoms with van der Waals surface area (Å²) in [5.74, 6) is -1.21. The molecule has 3 aromatic carbocycles. The molecule has 0 aliphatic carbocycles. The lowest BCUT2D eigenvalue weighted by atomic mass is 9.98. The van der Waals surface area contributed by atoms with Crippen molar-refractivity contribution in [3.05, 3.63) is 102 Å². The van der Waals surface area contributed by atoms with Gasteiger partial charge in [-0.3, -0.25) is 9.69 Å². The number of hydrogen-bond acceptors (Lipinski definition) is 4. The normalized spacial score (nSPS) is 20.3. The Bertz CT molecular complexity index is 1130. The summed E-state index contributed by atoms with van der Waals surface area (Å²) in [6.07, 6.45) is 0. The number of esters is 1. The van der Waals surface area contributed by atoms with Crippen LogP contribution in [0.2, 0.25) is 0 Å². The maximum absolute atomic E-state index is 13.6. The van der Waals surface area contributed by atoms with Crippen molar-refractivity contribution < 1.29 is 19.1 Å². The molecule has 0 N–H and O–H groups in total. The number of amides is 3. The molecular formula is C23H16N2O4. The van der Waals surface area contributed by atoms with Gasteiger partial charge in [0.15, 0.2) is 0 Å². The zero-order valence-electron chi connectivity index (χ0n) is 15.3. The summed E-state index contributed by atoms with van der Waals surface area (Å²) in [5, 5.41) is 0. The molecule has 3 aromatic rings. The van der Waals surface area contributed by atoms with Crippen LogP contribution in [0, 0.1) is 0 Å². The van der Waals surface area contributed by atoms with Gasteiger partial charge in [0.1, 0.15) is 0 Å². The van der Waals surface area contributed by atoms with Gasteiger partial charge in [-0.1, -0.05) is 66.7 Å². The zero-order valence-corrected chi connectivity index (χ0v) is 15.3. The van der Waals surface area contributed by atoms with Gasteiger partial charge in [0.25, 0.3) is 5.72 Å². The molecule has 142 valence electrons. The monoisotopic (exact) mass is 384 g/mol. The van der Waals surface area contributed by atoms with E-state index in [9.17, 15) is 14.4 Å². The summed E-state index contributed by atoms with van der Waals surface area (Å²) in [4.78, 5) is 42.1. The van der Waals surface area contributed by atoms with Gasteiger partial charge in [0, 0.05) is 5.56 Å². The predicted molar refractivity (Wildman–Crippen MR) is 105 cm³/mol. The number of anilines is 1. The van der Waals surface area contributed by atoms with Gasteiger partial charge in [-0.2, -0.15) is 0 Å². The maximum Gasteiger partial charge on any atom is 0.341 e. The Kier molecular flexibility index (Phi) is 3.74. The van der Waals surface area contributed by atoms with E-state index in [2.05, 4.69) is 0 Å². The van der Waals surface area contributed by atoms with Crippen molar-refractivity contribution in [3.8, 4) is 0 Å². The minimum atomic E-state index is -1.81. The van der Waals surface area contributed by atoms with Crippen LogP contribution in [0.5, 0.6) is 0 Å². The summed E-state index contributed by atoms with van der Waals surface area (Å²) < 4.78 is 5.67. The van der Waals surface area contributed by atoms with E-state index in [1.54, 1.807) is 54.6 Å². The molecule has 0 saturated carbocycles. The molecule has 1 spiro atoms. The van der Waals surface area contributed by atoms with Crippen molar-refractivity contribution in [2.75, 3.05) is 4.90 Å². The lowest BCUT2D eigenvalue weighted by Gasteiger charge is -2.30. The number of urea groups is 1. The predicted octanol–water partition coefficient (Wildman–Crippen LogP) is 3.68. The molecule has 1 atom stereocenters. The highest BCUT2D eigenvalue weighted by Gasteiger charge is 2.65. The Labute approximate surface area is 166 Å². The third-order valence-corrected chi connectivity index (χ3v) is 5.25. The standard InChI is InChI=1S/C23H16N2O4/c26-20-18-13-7-8-14-19(18)23(29-20)21(27)25(17-11-5-2-6-12-17)22(28)24(23)15-16-9-3-1-4-10-16/h1-14H,15H2. The average Bonchev–Trinajstić information content (AvgIpc) is 3.17. The summed E-state index contributed by atoms with van der Waals surface area (Å²) >= 11 is 0. The Morgan fingerprint density at radius 1 is 0.759 bits per heavy atom. The second-order valence-corrected chi connectivity index (χ2v) is 6.91. The smallest absolute Gasteiger partial charge is 0.341 e. The Balaban J connectivity index is 1.70. The third-order valence-electron chi connectivity index (χ3n) is 5.25. The quantitative estimate of drug-likeness (QED) is 0.510. The molecule has 1 saturated heterocycles. The molecule has 6 nitrogen and oxygen atoms in total. The molecule has 0 aromatic heterocycles. The summed E-state index contributed by atoms with van der Waals surface area (Å²) in [7, 11) is 0. The molecule has 2 heterocycles. The first-order chi connectivity index (χ1) is 14.1. The topological polar surface area (TPSA) is 66.9 Å². The van der Waals surface area contributed by atoms with Crippen LogP contribution in [-0.4, -0.2) is 22.8 Å². The van der Waals surface area contributed by atoms with Crippen LogP contribution in [0.15, 0.2) is 84.9 Å². The Hall–Kier alpha value is -3.93. The minimum absolute atomic E-state index is 0.121. The van der Waals surface area contributed by atoms with Gasteiger partial charge in [-0.05, 0) is 23.8 Å². The number of imide groups is 1. The van der Waals surface area contributed by atoms with Crippen LogP contribution in [0.1, 0.15) is 21.5 Å². The average molecular weight is 384 g/mol. The van der Waals surface area contributed by atoms with Gasteiger partial charge in [0.2, 0.25) is 0 Å². The second kappa shape index (κ2) is 6.31. The van der Waals surface area contributed by atoms with Crippen LogP contribution in [0.25, 0.3) is 0 Å². The first kappa shape index (κ1) is 17.2. The molecule has 3 amide bonds. The van der Waals surface area contributed by atoms with E-state index < -0.39 is 23.6 Å². The van der Waals surface area contributed by atoms with E-state index >= 15 is 0 Å². The zero-order chi connectivity index (χ0) is 20.0. The second-order valence-electron chi connectivity index (χ2n) is 6.91.